The summed E-state index contributed by atoms with van der Waals surface area (Å²) in [5, 5.41) is 12.6. The van der Waals surface area contributed by atoms with Crippen LogP contribution in [0.1, 0.15) is 36.4 Å². The van der Waals surface area contributed by atoms with Crippen molar-refractivity contribution in [2.45, 2.75) is 31.7 Å². The first-order valence-corrected chi connectivity index (χ1v) is 7.07. The predicted molar refractivity (Wildman–Crippen MR) is 78.4 cm³/mol. The highest BCUT2D eigenvalue weighted by Gasteiger charge is 2.18. The van der Waals surface area contributed by atoms with E-state index in [9.17, 15) is 9.50 Å². The molecule has 1 aliphatic carbocycles. The highest BCUT2D eigenvalue weighted by molar-refractivity contribution is 5.49. The van der Waals surface area contributed by atoms with E-state index in [2.05, 4.69) is 29.6 Å². The number of aromatic hydroxyl groups is 1. The van der Waals surface area contributed by atoms with Gasteiger partial charge in [-0.05, 0) is 42.5 Å². The number of aryl methyl sites for hydroxylation is 1. The molecule has 0 radical (unpaired) electrons. The summed E-state index contributed by atoms with van der Waals surface area (Å²) in [6.45, 7) is 0. The van der Waals surface area contributed by atoms with Gasteiger partial charge in [0.25, 0.3) is 0 Å². The van der Waals surface area contributed by atoms with E-state index in [0.29, 0.717) is 5.69 Å². The van der Waals surface area contributed by atoms with Gasteiger partial charge in [-0.1, -0.05) is 30.7 Å². The number of hydrogen-bond acceptors (Lipinski definition) is 2. The molecule has 0 aromatic heterocycles. The van der Waals surface area contributed by atoms with Crippen LogP contribution in [-0.4, -0.2) is 5.11 Å². The molecule has 0 amide bonds. The van der Waals surface area contributed by atoms with Crippen molar-refractivity contribution < 1.29 is 9.50 Å². The van der Waals surface area contributed by atoms with Crippen molar-refractivity contribution >= 4 is 5.69 Å². The van der Waals surface area contributed by atoms with Crippen LogP contribution in [0.15, 0.2) is 42.5 Å². The van der Waals surface area contributed by atoms with Crippen LogP contribution >= 0.6 is 0 Å². The van der Waals surface area contributed by atoms with E-state index in [-0.39, 0.29) is 11.8 Å². The lowest BCUT2D eigenvalue weighted by Gasteiger charge is -2.20. The summed E-state index contributed by atoms with van der Waals surface area (Å²) >= 11 is 0. The quantitative estimate of drug-likeness (QED) is 0.626. The molecule has 2 aromatic carbocycles. The smallest absolute Gasteiger partial charge is 0.166 e. The Morgan fingerprint density at radius 1 is 1.10 bits per heavy atom. The summed E-state index contributed by atoms with van der Waals surface area (Å²) in [7, 11) is 0. The standard InChI is InChI=1S/C17H18FNO/c18-15-11-13(9-10-17(15)20)19-16-8-4-2-6-12-5-1-3-7-14(12)16/h1,3,5,7,9-11,16,19-20H,2,4,6,8H2. The normalized spacial score (nSPS) is 18.1. The second-order valence-electron chi connectivity index (χ2n) is 5.31. The minimum Gasteiger partial charge on any atom is -0.505 e. The first kappa shape index (κ1) is 13.0. The maximum absolute atomic E-state index is 13.4. The second-order valence-corrected chi connectivity index (χ2v) is 5.31. The maximum atomic E-state index is 13.4. The summed E-state index contributed by atoms with van der Waals surface area (Å²) in [6.07, 6.45) is 4.50. The van der Waals surface area contributed by atoms with Gasteiger partial charge in [0.2, 0.25) is 0 Å². The maximum Gasteiger partial charge on any atom is 0.166 e. The molecule has 20 heavy (non-hydrogen) atoms. The number of phenolic OH excluding ortho intramolecular Hbond substituents is 1. The van der Waals surface area contributed by atoms with Crippen molar-refractivity contribution in [2.24, 2.45) is 0 Å². The van der Waals surface area contributed by atoms with Gasteiger partial charge < -0.3 is 10.4 Å². The highest BCUT2D eigenvalue weighted by atomic mass is 19.1. The number of benzene rings is 2. The highest BCUT2D eigenvalue weighted by Crippen LogP contribution is 2.32. The van der Waals surface area contributed by atoms with E-state index in [1.165, 1.54) is 29.7 Å². The Labute approximate surface area is 118 Å². The van der Waals surface area contributed by atoms with Crippen LogP contribution in [0, 0.1) is 5.82 Å². The van der Waals surface area contributed by atoms with Gasteiger partial charge in [-0.3, -0.25) is 0 Å². The van der Waals surface area contributed by atoms with Crippen LogP contribution in [0.2, 0.25) is 0 Å². The van der Waals surface area contributed by atoms with Crippen LogP contribution in [0.25, 0.3) is 0 Å². The molecule has 1 atom stereocenters. The van der Waals surface area contributed by atoms with Crippen molar-refractivity contribution in [3.05, 3.63) is 59.4 Å². The zero-order valence-corrected chi connectivity index (χ0v) is 11.3. The van der Waals surface area contributed by atoms with Crippen LogP contribution in [0.3, 0.4) is 0 Å². The Bertz CT molecular complexity index is 612. The monoisotopic (exact) mass is 271 g/mol. The first-order chi connectivity index (χ1) is 9.74. The summed E-state index contributed by atoms with van der Waals surface area (Å²) in [5.74, 6) is -0.895. The van der Waals surface area contributed by atoms with Gasteiger partial charge in [-0.25, -0.2) is 4.39 Å². The number of phenols is 1. The molecule has 2 N–H and O–H groups in total. The molecule has 0 saturated carbocycles. The van der Waals surface area contributed by atoms with Crippen LogP contribution in [0.4, 0.5) is 10.1 Å². The van der Waals surface area contributed by atoms with Gasteiger partial charge in [0.05, 0.1) is 6.04 Å². The predicted octanol–water partition coefficient (Wildman–Crippen LogP) is 4.41. The van der Waals surface area contributed by atoms with Crippen LogP contribution in [0.5, 0.6) is 5.75 Å². The van der Waals surface area contributed by atoms with Gasteiger partial charge in [0.15, 0.2) is 11.6 Å². The topological polar surface area (TPSA) is 32.3 Å². The number of rotatable bonds is 2. The molecule has 104 valence electrons. The number of nitrogens with one attached hydrogen (secondary N) is 1. The van der Waals surface area contributed by atoms with Crippen LogP contribution < -0.4 is 5.32 Å². The number of anilines is 1. The molecule has 1 unspecified atom stereocenters. The average Bonchev–Trinajstić information content (AvgIpc) is 2.66. The fourth-order valence-corrected chi connectivity index (χ4v) is 2.87. The van der Waals surface area contributed by atoms with E-state index >= 15 is 0 Å². The molecule has 2 nitrogen and oxygen atoms in total. The molecule has 0 bridgehead atoms. The number of halogens is 1. The van der Waals surface area contributed by atoms with Crippen molar-refractivity contribution in [1.82, 2.24) is 0 Å². The van der Waals surface area contributed by atoms with Crippen molar-refractivity contribution in [3.63, 3.8) is 0 Å². The Kier molecular flexibility index (Phi) is 3.59. The van der Waals surface area contributed by atoms with Gasteiger partial charge in [0.1, 0.15) is 0 Å². The summed E-state index contributed by atoms with van der Waals surface area (Å²) in [6, 6.07) is 13.1. The average molecular weight is 271 g/mol. The van der Waals surface area contributed by atoms with E-state index in [0.717, 1.165) is 19.3 Å². The molecular weight excluding hydrogens is 253 g/mol. The molecule has 0 saturated heterocycles. The van der Waals surface area contributed by atoms with Gasteiger partial charge >= 0.3 is 0 Å². The molecule has 0 spiro atoms. The van der Waals surface area contributed by atoms with Crippen LogP contribution in [-0.2, 0) is 6.42 Å². The minimum absolute atomic E-state index is 0.206. The summed E-state index contributed by atoms with van der Waals surface area (Å²) < 4.78 is 13.4. The lowest BCUT2D eigenvalue weighted by Crippen LogP contribution is -2.11. The zero-order valence-electron chi connectivity index (χ0n) is 11.3. The lowest BCUT2D eigenvalue weighted by molar-refractivity contribution is 0.432. The van der Waals surface area contributed by atoms with Crippen molar-refractivity contribution in [2.75, 3.05) is 5.32 Å². The Morgan fingerprint density at radius 2 is 1.95 bits per heavy atom. The van der Waals surface area contributed by atoms with E-state index in [4.69, 9.17) is 0 Å². The Balaban J connectivity index is 1.88. The van der Waals surface area contributed by atoms with Gasteiger partial charge in [-0.2, -0.15) is 0 Å². The van der Waals surface area contributed by atoms with Gasteiger partial charge in [-0.15, -0.1) is 0 Å². The summed E-state index contributed by atoms with van der Waals surface area (Å²) in [4.78, 5) is 0. The fourth-order valence-electron chi connectivity index (χ4n) is 2.87. The molecule has 0 heterocycles. The molecule has 1 aliphatic rings. The number of hydrogen-bond donors (Lipinski definition) is 2. The largest absolute Gasteiger partial charge is 0.505 e. The molecule has 0 aliphatic heterocycles. The third kappa shape index (κ3) is 2.62. The Morgan fingerprint density at radius 3 is 2.80 bits per heavy atom. The van der Waals surface area contributed by atoms with E-state index in [1.54, 1.807) is 6.07 Å². The zero-order chi connectivity index (χ0) is 13.9. The number of fused-ring (bicyclic) bond motifs is 1. The fraction of sp³-hybridized carbons (Fsp3) is 0.294. The molecular formula is C17H18FNO. The minimum atomic E-state index is -0.586. The Hall–Kier alpha value is -2.03. The van der Waals surface area contributed by atoms with E-state index < -0.39 is 5.82 Å². The van der Waals surface area contributed by atoms with Crippen molar-refractivity contribution in [1.29, 1.82) is 0 Å². The first-order valence-electron chi connectivity index (χ1n) is 7.07. The molecule has 3 heteroatoms. The molecule has 3 rings (SSSR count). The lowest BCUT2D eigenvalue weighted by atomic mass is 9.99. The third-order valence-corrected chi connectivity index (χ3v) is 3.91. The van der Waals surface area contributed by atoms with Gasteiger partial charge in [0, 0.05) is 11.8 Å². The third-order valence-electron chi connectivity index (χ3n) is 3.91. The molecule has 2 aromatic rings. The van der Waals surface area contributed by atoms with E-state index in [1.807, 2.05) is 0 Å². The van der Waals surface area contributed by atoms with Crippen molar-refractivity contribution in [3.8, 4) is 5.75 Å². The summed E-state index contributed by atoms with van der Waals surface area (Å²) in [5.41, 5.74) is 3.39. The SMILES string of the molecule is Oc1ccc(NC2CCCCc3ccccc32)cc1F. The molecule has 0 fully saturated rings. The second kappa shape index (κ2) is 5.53.